The maximum Gasteiger partial charge on any atom is -0.0154 e. The summed E-state index contributed by atoms with van der Waals surface area (Å²) in [6.45, 7) is 30.1. The van der Waals surface area contributed by atoms with Gasteiger partial charge in [-0.25, -0.2) is 0 Å². The van der Waals surface area contributed by atoms with Gasteiger partial charge in [-0.3, -0.25) is 0 Å². The SMILES string of the molecule is Cc1ccc(-c2cc(C)cc(-c3ccc(P)c(C)c3)c2)cc1.Cc1ccc(-c2cccc(-c3ccc(P)c(C)c3)c2)cc1.Cc1ccc(-c2cccc(-c3ccc(P)cc3)c2)c(C)c1.Cc1ccc(-c2cccc(-c3ccc(P)cc3)c2)cc1C.Cc1ccc(-c2cccc(-c3ccc(P)cc3C)c2)c(C)c1.Cc1ccc(-c2cccc(-c3ccc(P)cc3C)c2)cc1. The van der Waals surface area contributed by atoms with Crippen molar-refractivity contribution in [3.63, 3.8) is 0 Å². The molecule has 0 aromatic heterocycles. The molecule has 0 amide bonds. The summed E-state index contributed by atoms with van der Waals surface area (Å²) < 4.78 is 0. The highest BCUT2D eigenvalue weighted by Gasteiger charge is 2.13. The highest BCUT2D eigenvalue weighted by Crippen LogP contribution is 2.37. The summed E-state index contributed by atoms with van der Waals surface area (Å²) in [5, 5.41) is 7.40. The Morgan fingerprint density at radius 1 is 0.117 bits per heavy atom. The van der Waals surface area contributed by atoms with E-state index in [2.05, 4.69) is 541 Å². The molecule has 0 bridgehead atoms. The van der Waals surface area contributed by atoms with Crippen molar-refractivity contribution in [3.05, 3.63) is 466 Å². The standard InChI is InChI=1S/2C21H21P.4C20H19P/c1-14-4-6-17(7-5-14)19-10-15(2)11-20(13-19)18-8-9-21(22)16(3)12-18;1-14-7-9-20(15(2)11-14)17-5-4-6-18(13-17)21-10-8-19(22)12-16(21)3;1-14-6-11-20(15(2)12-14)18-5-3-4-17(13-18)16-7-9-19(21)10-8-16;1-14-6-8-16(9-7-14)17-4-3-5-18(13-17)20-11-10-19(21)12-15(20)2;1-14-6-8-16(9-7-14)17-4-3-5-18(13-17)19-10-11-20(21)15(2)12-19;1-14-6-7-19(12-15(14)2)18-5-3-4-17(13-18)16-8-10-20(21)11-9-16/h2*4-13H,22H2,1-3H3;4*3-13H,21H2,1-2H3. The van der Waals surface area contributed by atoms with Crippen molar-refractivity contribution in [2.24, 2.45) is 0 Å². The number of hydrogen-bond acceptors (Lipinski definition) is 0. The summed E-state index contributed by atoms with van der Waals surface area (Å²) in [6.07, 6.45) is 0. The lowest BCUT2D eigenvalue weighted by molar-refractivity contribution is 1.34. The summed E-state index contributed by atoms with van der Waals surface area (Å²) in [5.74, 6) is 0. The molecule has 0 aliphatic carbocycles. The highest BCUT2D eigenvalue weighted by atomic mass is 31.0. The first-order valence-corrected chi connectivity index (χ1v) is 47.3. The quantitative estimate of drug-likeness (QED) is 0.107. The topological polar surface area (TPSA) is 0 Å². The number of rotatable bonds is 12. The zero-order chi connectivity index (χ0) is 90.7. The van der Waals surface area contributed by atoms with E-state index in [0.29, 0.717) is 0 Å². The van der Waals surface area contributed by atoms with Gasteiger partial charge in [-0.05, 0) is 349 Å². The van der Waals surface area contributed by atoms with Crippen LogP contribution in [-0.2, 0) is 0 Å². The molecule has 18 rings (SSSR count). The molecule has 0 saturated heterocycles. The van der Waals surface area contributed by atoms with E-state index in [9.17, 15) is 0 Å². The van der Waals surface area contributed by atoms with E-state index in [1.165, 1.54) is 243 Å². The fourth-order valence-corrected chi connectivity index (χ4v) is 17.4. The summed E-state index contributed by atoms with van der Waals surface area (Å²) in [4.78, 5) is 0. The Morgan fingerprint density at radius 3 is 0.656 bits per heavy atom. The van der Waals surface area contributed by atoms with Crippen LogP contribution in [0.4, 0.5) is 0 Å². The third-order valence-corrected chi connectivity index (χ3v) is 26.4. The normalized spacial score (nSPS) is 10.7. The molecule has 0 aliphatic heterocycles. The minimum atomic E-state index is 1.21. The molecule has 6 unspecified atom stereocenters. The Bertz CT molecular complexity index is 6530. The van der Waals surface area contributed by atoms with Crippen LogP contribution in [0.1, 0.15) is 77.9 Å². The molecule has 0 spiro atoms. The van der Waals surface area contributed by atoms with Gasteiger partial charge >= 0.3 is 0 Å². The van der Waals surface area contributed by atoms with Crippen LogP contribution in [0.15, 0.2) is 388 Å². The first-order valence-electron chi connectivity index (χ1n) is 43.8. The monoisotopic (exact) mass is 1770 g/mol. The molecule has 0 saturated carbocycles. The zero-order valence-electron chi connectivity index (χ0n) is 76.4. The average Bonchev–Trinajstić information content (AvgIpc) is 0.845. The van der Waals surface area contributed by atoms with Crippen molar-refractivity contribution < 1.29 is 0 Å². The summed E-state index contributed by atoms with van der Waals surface area (Å²) in [6, 6.07) is 140. The van der Waals surface area contributed by atoms with Gasteiger partial charge in [-0.15, -0.1) is 55.4 Å². The Labute approximate surface area is 778 Å². The minimum absolute atomic E-state index is 1.21. The minimum Gasteiger partial charge on any atom is -0.106 e. The lowest BCUT2D eigenvalue weighted by Gasteiger charge is -2.11. The van der Waals surface area contributed by atoms with Crippen molar-refractivity contribution in [3.8, 4) is 134 Å². The predicted molar refractivity (Wildman–Crippen MR) is 586 cm³/mol. The van der Waals surface area contributed by atoms with E-state index in [1.807, 2.05) is 0 Å². The number of benzene rings is 18. The lowest BCUT2D eigenvalue weighted by atomic mass is 9.94. The largest absolute Gasteiger partial charge is 0.106 e. The fourth-order valence-electron chi connectivity index (χ4n) is 16.0. The average molecular weight is 1770 g/mol. The van der Waals surface area contributed by atoms with Gasteiger partial charge in [-0.2, -0.15) is 0 Å². The van der Waals surface area contributed by atoms with Gasteiger partial charge in [0, 0.05) is 0 Å². The Kier molecular flexibility index (Phi) is 32.7. The van der Waals surface area contributed by atoms with E-state index < -0.39 is 0 Å². The van der Waals surface area contributed by atoms with Crippen LogP contribution in [0.2, 0.25) is 0 Å². The molecule has 0 N–H and O–H groups in total. The fraction of sp³-hybridized carbons (Fsp3) is 0.115. The molecule has 0 aliphatic rings. The van der Waals surface area contributed by atoms with Crippen molar-refractivity contribution in [2.45, 2.75) is 96.9 Å². The molecule has 18 aromatic carbocycles. The van der Waals surface area contributed by atoms with E-state index in [0.717, 1.165) is 0 Å². The van der Waals surface area contributed by atoms with Crippen LogP contribution in [0.3, 0.4) is 0 Å². The van der Waals surface area contributed by atoms with Crippen LogP contribution in [-0.4, -0.2) is 0 Å². The molecule has 6 atom stereocenters. The van der Waals surface area contributed by atoms with Gasteiger partial charge in [0.05, 0.1) is 0 Å². The molecule has 636 valence electrons. The van der Waals surface area contributed by atoms with Crippen LogP contribution >= 0.6 is 55.4 Å². The first kappa shape index (κ1) is 94.2. The van der Waals surface area contributed by atoms with E-state index in [4.69, 9.17) is 0 Å². The molecule has 0 radical (unpaired) electrons. The number of hydrogen-bond donors (Lipinski definition) is 0. The smallest absolute Gasteiger partial charge is 0.0154 e. The van der Waals surface area contributed by atoms with Gasteiger partial charge in [0.2, 0.25) is 0 Å². The van der Waals surface area contributed by atoms with Gasteiger partial charge in [0.15, 0.2) is 0 Å². The van der Waals surface area contributed by atoms with Crippen LogP contribution < -0.4 is 31.8 Å². The van der Waals surface area contributed by atoms with E-state index >= 15 is 0 Å². The Balaban J connectivity index is 0.000000131. The van der Waals surface area contributed by atoms with Gasteiger partial charge in [-0.1, -0.05) is 380 Å². The van der Waals surface area contributed by atoms with Crippen LogP contribution in [0.25, 0.3) is 134 Å². The molecule has 128 heavy (non-hydrogen) atoms. The third-order valence-electron chi connectivity index (χ3n) is 23.6. The molecule has 6 heteroatoms. The Hall–Kier alpha value is -11.5. The second-order valence-electron chi connectivity index (χ2n) is 34.1. The molecular formula is C122H118P6. The molecule has 0 fully saturated rings. The van der Waals surface area contributed by atoms with Gasteiger partial charge in [0.1, 0.15) is 0 Å². The van der Waals surface area contributed by atoms with Crippen LogP contribution in [0, 0.1) is 96.9 Å². The zero-order valence-corrected chi connectivity index (χ0v) is 83.3. The maximum absolute atomic E-state index is 2.79. The predicted octanol–water partition coefficient (Wildman–Crippen LogP) is 31.4. The summed E-state index contributed by atoms with van der Waals surface area (Å²) in [5.41, 5.74) is 49.0. The van der Waals surface area contributed by atoms with E-state index in [1.54, 1.807) is 0 Å². The second kappa shape index (κ2) is 44.5. The van der Waals surface area contributed by atoms with Crippen LogP contribution in [0.5, 0.6) is 0 Å². The summed E-state index contributed by atoms with van der Waals surface area (Å²) in [7, 11) is 16.5. The number of aryl methyl sites for hydroxylation is 14. The van der Waals surface area contributed by atoms with Crippen molar-refractivity contribution in [1.29, 1.82) is 0 Å². The lowest BCUT2D eigenvalue weighted by Crippen LogP contribution is -1.96. The van der Waals surface area contributed by atoms with Crippen molar-refractivity contribution in [1.82, 2.24) is 0 Å². The summed E-state index contributed by atoms with van der Waals surface area (Å²) >= 11 is 0. The van der Waals surface area contributed by atoms with Gasteiger partial charge < -0.3 is 0 Å². The third kappa shape index (κ3) is 25.7. The maximum atomic E-state index is 2.79. The first-order chi connectivity index (χ1) is 61.6. The van der Waals surface area contributed by atoms with Crippen molar-refractivity contribution in [2.75, 3.05) is 0 Å². The molecular weight excluding hydrogens is 1650 g/mol. The van der Waals surface area contributed by atoms with E-state index in [-0.39, 0.29) is 0 Å². The Morgan fingerprint density at radius 2 is 0.336 bits per heavy atom. The molecule has 0 heterocycles. The second-order valence-corrected chi connectivity index (χ2v) is 38.0. The molecule has 18 aromatic rings. The van der Waals surface area contributed by atoms with Crippen molar-refractivity contribution >= 4 is 87.3 Å². The highest BCUT2D eigenvalue weighted by molar-refractivity contribution is 7.28. The molecule has 0 nitrogen and oxygen atoms in total. The van der Waals surface area contributed by atoms with Gasteiger partial charge in [0.25, 0.3) is 0 Å².